The molecule has 3 aromatic rings. The van der Waals surface area contributed by atoms with E-state index < -0.39 is 0 Å². The molecule has 3 aromatic carbocycles. The van der Waals surface area contributed by atoms with Gasteiger partial charge in [0.25, 0.3) is 0 Å². The van der Waals surface area contributed by atoms with Crippen LogP contribution in [0, 0.1) is 0 Å². The highest BCUT2D eigenvalue weighted by Crippen LogP contribution is 2.28. The van der Waals surface area contributed by atoms with Crippen molar-refractivity contribution in [3.05, 3.63) is 91.0 Å². The zero-order chi connectivity index (χ0) is 14.5. The van der Waals surface area contributed by atoms with E-state index in [0.29, 0.717) is 0 Å². The molecule has 0 aliphatic rings. The predicted octanol–water partition coefficient (Wildman–Crippen LogP) is 5.57. The van der Waals surface area contributed by atoms with Crippen LogP contribution in [0.5, 0.6) is 0 Å². The van der Waals surface area contributed by atoms with Crippen LogP contribution in [0.25, 0.3) is 10.8 Å². The van der Waals surface area contributed by atoms with E-state index in [2.05, 4.69) is 78.6 Å². The van der Waals surface area contributed by atoms with E-state index in [0.717, 1.165) is 6.42 Å². The van der Waals surface area contributed by atoms with Gasteiger partial charge in [-0.05, 0) is 23.4 Å². The summed E-state index contributed by atoms with van der Waals surface area (Å²) in [7, 11) is 0. The minimum absolute atomic E-state index is 0.245. The molecule has 0 bridgehead atoms. The molecule has 0 saturated carbocycles. The van der Waals surface area contributed by atoms with Crippen LogP contribution in [0.2, 0.25) is 0 Å². The molecule has 0 aromatic heterocycles. The van der Waals surface area contributed by atoms with Crippen molar-refractivity contribution in [3.8, 4) is 0 Å². The number of fused-ring (bicyclic) bond motifs is 1. The summed E-state index contributed by atoms with van der Waals surface area (Å²) in [6.45, 7) is 3.89. The lowest BCUT2D eigenvalue weighted by Gasteiger charge is -2.20. The maximum atomic E-state index is 3.89. The van der Waals surface area contributed by atoms with Gasteiger partial charge in [-0.15, -0.1) is 6.58 Å². The Labute approximate surface area is 125 Å². The minimum atomic E-state index is 0.245. The van der Waals surface area contributed by atoms with E-state index >= 15 is 0 Å². The molecule has 1 heteroatoms. The van der Waals surface area contributed by atoms with Gasteiger partial charge in [-0.2, -0.15) is 0 Å². The predicted molar refractivity (Wildman–Crippen MR) is 91.6 cm³/mol. The van der Waals surface area contributed by atoms with Gasteiger partial charge < -0.3 is 5.32 Å². The first-order chi connectivity index (χ1) is 10.4. The number of hydrogen-bond acceptors (Lipinski definition) is 1. The van der Waals surface area contributed by atoms with E-state index in [4.69, 9.17) is 0 Å². The van der Waals surface area contributed by atoms with Crippen molar-refractivity contribution >= 4 is 16.5 Å². The van der Waals surface area contributed by atoms with Gasteiger partial charge in [0.1, 0.15) is 0 Å². The molecule has 0 spiro atoms. The Hall–Kier alpha value is -2.54. The summed E-state index contributed by atoms with van der Waals surface area (Å²) in [5, 5.41) is 6.18. The molecule has 21 heavy (non-hydrogen) atoms. The van der Waals surface area contributed by atoms with Crippen molar-refractivity contribution in [2.24, 2.45) is 0 Å². The van der Waals surface area contributed by atoms with Crippen LogP contribution in [0.3, 0.4) is 0 Å². The van der Waals surface area contributed by atoms with Crippen LogP contribution in [-0.4, -0.2) is 0 Å². The second kappa shape index (κ2) is 6.27. The standard InChI is InChI=1S/C20H19N/c1-2-9-19(17-11-4-3-5-12-17)21-20-15-8-13-16-10-6-7-14-18(16)20/h2-8,10-15,19,21H,1,9H2. The SMILES string of the molecule is C=CCC(Nc1cccc2ccccc12)c1ccccc1. The summed E-state index contributed by atoms with van der Waals surface area (Å²) in [5.41, 5.74) is 2.45. The van der Waals surface area contributed by atoms with Crippen molar-refractivity contribution in [1.29, 1.82) is 0 Å². The molecule has 0 aliphatic carbocycles. The third-order valence-corrected chi connectivity index (χ3v) is 3.72. The van der Waals surface area contributed by atoms with Crippen LogP contribution in [0.15, 0.2) is 85.5 Å². The van der Waals surface area contributed by atoms with Gasteiger partial charge in [0.15, 0.2) is 0 Å². The van der Waals surface area contributed by atoms with E-state index in [1.807, 2.05) is 12.1 Å². The summed E-state index contributed by atoms with van der Waals surface area (Å²) >= 11 is 0. The molecule has 1 N–H and O–H groups in total. The molecule has 1 unspecified atom stereocenters. The highest BCUT2D eigenvalue weighted by atomic mass is 14.9. The van der Waals surface area contributed by atoms with Crippen LogP contribution >= 0.6 is 0 Å². The van der Waals surface area contributed by atoms with Gasteiger partial charge in [0.05, 0.1) is 6.04 Å². The lowest BCUT2D eigenvalue weighted by molar-refractivity contribution is 0.800. The second-order valence-corrected chi connectivity index (χ2v) is 5.16. The van der Waals surface area contributed by atoms with E-state index in [-0.39, 0.29) is 6.04 Å². The normalized spacial score (nSPS) is 12.0. The van der Waals surface area contributed by atoms with Crippen molar-refractivity contribution in [3.63, 3.8) is 0 Å². The molecule has 0 saturated heterocycles. The third-order valence-electron chi connectivity index (χ3n) is 3.72. The number of hydrogen-bond donors (Lipinski definition) is 1. The Bertz CT molecular complexity index is 726. The van der Waals surface area contributed by atoms with E-state index in [1.54, 1.807) is 0 Å². The molecule has 0 radical (unpaired) electrons. The van der Waals surface area contributed by atoms with Gasteiger partial charge in [-0.1, -0.05) is 72.8 Å². The maximum Gasteiger partial charge on any atom is 0.0548 e. The zero-order valence-corrected chi connectivity index (χ0v) is 12.0. The fraction of sp³-hybridized carbons (Fsp3) is 0.100. The van der Waals surface area contributed by atoms with Crippen LogP contribution in [0.1, 0.15) is 18.0 Å². The fourth-order valence-electron chi connectivity index (χ4n) is 2.67. The first kappa shape index (κ1) is 13.4. The fourth-order valence-corrected chi connectivity index (χ4v) is 2.67. The van der Waals surface area contributed by atoms with Gasteiger partial charge in [-0.25, -0.2) is 0 Å². The summed E-state index contributed by atoms with van der Waals surface area (Å²) < 4.78 is 0. The largest absolute Gasteiger partial charge is 0.377 e. The lowest BCUT2D eigenvalue weighted by atomic mass is 10.0. The smallest absolute Gasteiger partial charge is 0.0548 e. The highest BCUT2D eigenvalue weighted by Gasteiger charge is 2.10. The van der Waals surface area contributed by atoms with Crippen molar-refractivity contribution in [2.45, 2.75) is 12.5 Å². The lowest BCUT2D eigenvalue weighted by Crippen LogP contribution is -2.10. The number of anilines is 1. The summed E-state index contributed by atoms with van der Waals surface area (Å²) in [6.07, 6.45) is 2.86. The Kier molecular flexibility index (Phi) is 4.02. The van der Waals surface area contributed by atoms with Gasteiger partial charge in [-0.3, -0.25) is 0 Å². The topological polar surface area (TPSA) is 12.0 Å². The number of rotatable bonds is 5. The molecular weight excluding hydrogens is 254 g/mol. The molecule has 104 valence electrons. The van der Waals surface area contributed by atoms with Crippen molar-refractivity contribution in [2.75, 3.05) is 5.32 Å². The first-order valence-electron chi connectivity index (χ1n) is 7.28. The van der Waals surface area contributed by atoms with Gasteiger partial charge in [0.2, 0.25) is 0 Å². The Morgan fingerprint density at radius 1 is 0.857 bits per heavy atom. The molecule has 0 fully saturated rings. The number of nitrogens with one attached hydrogen (secondary N) is 1. The Morgan fingerprint density at radius 3 is 2.38 bits per heavy atom. The van der Waals surface area contributed by atoms with Crippen LogP contribution < -0.4 is 5.32 Å². The Balaban J connectivity index is 1.97. The molecule has 1 atom stereocenters. The average molecular weight is 273 g/mol. The summed E-state index contributed by atoms with van der Waals surface area (Å²) in [5.74, 6) is 0. The van der Waals surface area contributed by atoms with Crippen molar-refractivity contribution < 1.29 is 0 Å². The van der Waals surface area contributed by atoms with Crippen molar-refractivity contribution in [1.82, 2.24) is 0 Å². The molecule has 0 heterocycles. The average Bonchev–Trinajstić information content (AvgIpc) is 2.55. The first-order valence-corrected chi connectivity index (χ1v) is 7.28. The molecule has 0 aliphatic heterocycles. The minimum Gasteiger partial charge on any atom is -0.377 e. The third kappa shape index (κ3) is 2.97. The van der Waals surface area contributed by atoms with E-state index in [1.165, 1.54) is 22.0 Å². The molecular formula is C20H19N. The zero-order valence-electron chi connectivity index (χ0n) is 12.0. The van der Waals surface area contributed by atoms with Gasteiger partial charge in [0, 0.05) is 11.1 Å². The molecule has 0 amide bonds. The van der Waals surface area contributed by atoms with Crippen LogP contribution in [0.4, 0.5) is 5.69 Å². The summed E-state index contributed by atoms with van der Waals surface area (Å²) in [4.78, 5) is 0. The monoisotopic (exact) mass is 273 g/mol. The second-order valence-electron chi connectivity index (χ2n) is 5.16. The maximum absolute atomic E-state index is 3.89. The number of benzene rings is 3. The van der Waals surface area contributed by atoms with Gasteiger partial charge >= 0.3 is 0 Å². The van der Waals surface area contributed by atoms with Crippen LogP contribution in [-0.2, 0) is 0 Å². The Morgan fingerprint density at radius 2 is 1.57 bits per heavy atom. The van der Waals surface area contributed by atoms with E-state index in [9.17, 15) is 0 Å². The highest BCUT2D eigenvalue weighted by molar-refractivity contribution is 5.93. The molecule has 1 nitrogen and oxygen atoms in total. The molecule has 3 rings (SSSR count). The summed E-state index contributed by atoms with van der Waals surface area (Å²) in [6, 6.07) is 25.6. The quantitative estimate of drug-likeness (QED) is 0.599.